The second-order valence-electron chi connectivity index (χ2n) is 9.58. The Morgan fingerprint density at radius 2 is 1.24 bits per heavy atom. The number of aromatic amines is 1. The number of nitrogens with one attached hydrogen (secondary N) is 4. The van der Waals surface area contributed by atoms with Gasteiger partial charge in [0.25, 0.3) is 0 Å². The molecule has 4 unspecified atom stereocenters. The van der Waals surface area contributed by atoms with Gasteiger partial charge in [0.1, 0.15) is 18.1 Å². The molecule has 14 heteroatoms. The van der Waals surface area contributed by atoms with E-state index in [0.29, 0.717) is 11.1 Å². The van der Waals surface area contributed by atoms with Crippen molar-refractivity contribution in [2.45, 2.75) is 49.9 Å². The summed E-state index contributed by atoms with van der Waals surface area (Å²) in [5.41, 5.74) is 7.66. The molecule has 0 radical (unpaired) electrons. The first-order chi connectivity index (χ1) is 19.9. The van der Waals surface area contributed by atoms with Crippen LogP contribution in [-0.4, -0.2) is 80.1 Å². The summed E-state index contributed by atoms with van der Waals surface area (Å²) < 4.78 is 0. The molecule has 1 heterocycles. The summed E-state index contributed by atoms with van der Waals surface area (Å²) in [5, 5.41) is 35.4. The number of fused-ring (bicyclic) bond motifs is 1. The Labute approximate surface area is 239 Å². The number of rotatable bonds is 15. The molecular weight excluding hydrogens is 550 g/mol. The standard InChI is InChI=1S/C28H31N5O9/c29-18(12-23(34)35)25(38)31-20(10-15-6-2-1-3-7-15)26(39)32-21(27(40)33-22(28(41)42)13-24(36)37)11-16-14-30-19-9-5-4-8-17(16)19/h1-9,14,18,20-22,30H,10-13,29H2,(H,31,38)(H,32,39)(H,33,40)(H,34,35)(H,36,37)(H,41,42). The molecule has 0 aliphatic rings. The van der Waals surface area contributed by atoms with Gasteiger partial charge in [0.15, 0.2) is 0 Å². The second kappa shape index (κ2) is 14.4. The van der Waals surface area contributed by atoms with E-state index in [0.717, 1.165) is 10.9 Å². The monoisotopic (exact) mass is 581 g/mol. The number of aromatic nitrogens is 1. The molecule has 9 N–H and O–H groups in total. The molecule has 222 valence electrons. The maximum atomic E-state index is 13.6. The van der Waals surface area contributed by atoms with Crippen LogP contribution in [-0.2, 0) is 41.6 Å². The molecule has 0 aliphatic heterocycles. The van der Waals surface area contributed by atoms with Crippen LogP contribution in [0.2, 0.25) is 0 Å². The van der Waals surface area contributed by atoms with Crippen LogP contribution in [0.4, 0.5) is 0 Å². The fourth-order valence-electron chi connectivity index (χ4n) is 4.27. The van der Waals surface area contributed by atoms with Crippen molar-refractivity contribution in [2.75, 3.05) is 0 Å². The lowest BCUT2D eigenvalue weighted by atomic mass is 10.0. The second-order valence-corrected chi connectivity index (χ2v) is 9.58. The van der Waals surface area contributed by atoms with E-state index in [-0.39, 0.29) is 12.8 Å². The molecule has 0 saturated heterocycles. The van der Waals surface area contributed by atoms with Crippen molar-refractivity contribution in [2.24, 2.45) is 5.73 Å². The predicted octanol–water partition coefficient (Wildman–Crippen LogP) is -0.231. The fourth-order valence-corrected chi connectivity index (χ4v) is 4.27. The molecule has 0 spiro atoms. The Morgan fingerprint density at radius 1 is 0.690 bits per heavy atom. The lowest BCUT2D eigenvalue weighted by Crippen LogP contribution is -2.58. The normalized spacial score (nSPS) is 13.7. The number of carbonyl (C=O) groups is 6. The lowest BCUT2D eigenvalue weighted by Gasteiger charge is -2.25. The lowest BCUT2D eigenvalue weighted by molar-refractivity contribution is -0.147. The Bertz CT molecular complexity index is 1460. The average molecular weight is 582 g/mol. The molecule has 3 aromatic rings. The molecule has 4 atom stereocenters. The van der Waals surface area contributed by atoms with Crippen molar-refractivity contribution in [3.8, 4) is 0 Å². The summed E-state index contributed by atoms with van der Waals surface area (Å²) >= 11 is 0. The molecule has 0 aliphatic carbocycles. The minimum atomic E-state index is -1.77. The van der Waals surface area contributed by atoms with Crippen LogP contribution in [0.5, 0.6) is 0 Å². The third-order valence-corrected chi connectivity index (χ3v) is 6.37. The van der Waals surface area contributed by atoms with Gasteiger partial charge in [0.2, 0.25) is 17.7 Å². The highest BCUT2D eigenvalue weighted by molar-refractivity contribution is 5.96. The summed E-state index contributed by atoms with van der Waals surface area (Å²) in [7, 11) is 0. The van der Waals surface area contributed by atoms with Crippen molar-refractivity contribution >= 4 is 46.5 Å². The predicted molar refractivity (Wildman–Crippen MR) is 148 cm³/mol. The maximum Gasteiger partial charge on any atom is 0.326 e. The van der Waals surface area contributed by atoms with Gasteiger partial charge in [-0.25, -0.2) is 4.79 Å². The summed E-state index contributed by atoms with van der Waals surface area (Å²) in [4.78, 5) is 76.3. The Balaban J connectivity index is 1.90. The van der Waals surface area contributed by atoms with E-state index in [1.807, 2.05) is 0 Å². The fraction of sp³-hybridized carbons (Fsp3) is 0.286. The van der Waals surface area contributed by atoms with Crippen LogP contribution < -0.4 is 21.7 Å². The SMILES string of the molecule is NC(CC(=O)O)C(=O)NC(Cc1ccccc1)C(=O)NC(Cc1c[nH]c2ccccc12)C(=O)NC(CC(=O)O)C(=O)O. The van der Waals surface area contributed by atoms with E-state index in [4.69, 9.17) is 15.9 Å². The Kier molecular flexibility index (Phi) is 10.7. The van der Waals surface area contributed by atoms with E-state index in [1.54, 1.807) is 60.8 Å². The average Bonchev–Trinajstić information content (AvgIpc) is 3.34. The largest absolute Gasteiger partial charge is 0.481 e. The van der Waals surface area contributed by atoms with Gasteiger partial charge in [-0.15, -0.1) is 0 Å². The summed E-state index contributed by atoms with van der Waals surface area (Å²) in [6.07, 6.45) is -0.126. The number of carboxylic acids is 3. The van der Waals surface area contributed by atoms with Crippen molar-refractivity contribution in [3.05, 3.63) is 71.9 Å². The van der Waals surface area contributed by atoms with Gasteiger partial charge in [-0.3, -0.25) is 24.0 Å². The first-order valence-electron chi connectivity index (χ1n) is 12.9. The molecular formula is C28H31N5O9. The number of hydrogen-bond acceptors (Lipinski definition) is 7. The zero-order valence-corrected chi connectivity index (χ0v) is 22.3. The van der Waals surface area contributed by atoms with Crippen LogP contribution in [0.1, 0.15) is 24.0 Å². The first-order valence-corrected chi connectivity index (χ1v) is 12.9. The Hall–Kier alpha value is -5.24. The van der Waals surface area contributed by atoms with Crippen LogP contribution in [0, 0.1) is 0 Å². The minimum Gasteiger partial charge on any atom is -0.481 e. The third kappa shape index (κ3) is 8.89. The van der Waals surface area contributed by atoms with Crippen molar-refractivity contribution in [3.63, 3.8) is 0 Å². The number of hydrogen-bond donors (Lipinski definition) is 8. The molecule has 0 fully saturated rings. The number of carboxylic acid groups (broad SMARTS) is 3. The van der Waals surface area contributed by atoms with E-state index < -0.39 is 72.6 Å². The highest BCUT2D eigenvalue weighted by Crippen LogP contribution is 2.19. The quantitative estimate of drug-likeness (QED) is 0.117. The van der Waals surface area contributed by atoms with Crippen molar-refractivity contribution in [1.82, 2.24) is 20.9 Å². The number of nitrogens with two attached hydrogens (primary N) is 1. The van der Waals surface area contributed by atoms with Gasteiger partial charge in [0, 0.05) is 29.9 Å². The number of H-pyrrole nitrogens is 1. The number of amides is 3. The van der Waals surface area contributed by atoms with Crippen molar-refractivity contribution < 1.29 is 44.1 Å². The highest BCUT2D eigenvalue weighted by Gasteiger charge is 2.32. The van der Waals surface area contributed by atoms with E-state index in [1.165, 1.54) is 0 Å². The number of benzene rings is 2. The topological polar surface area (TPSA) is 241 Å². The zero-order valence-electron chi connectivity index (χ0n) is 22.3. The van der Waals surface area contributed by atoms with Crippen LogP contribution in [0.15, 0.2) is 60.8 Å². The van der Waals surface area contributed by atoms with Gasteiger partial charge < -0.3 is 42.0 Å². The van der Waals surface area contributed by atoms with E-state index in [9.17, 15) is 33.9 Å². The third-order valence-electron chi connectivity index (χ3n) is 6.37. The number of aliphatic carboxylic acids is 3. The van der Waals surface area contributed by atoms with Gasteiger partial charge in [0.05, 0.1) is 18.9 Å². The minimum absolute atomic E-state index is 0.0452. The van der Waals surface area contributed by atoms with Gasteiger partial charge in [-0.2, -0.15) is 0 Å². The first kappa shape index (κ1) is 31.3. The molecule has 2 aromatic carbocycles. The molecule has 0 saturated carbocycles. The molecule has 42 heavy (non-hydrogen) atoms. The molecule has 3 rings (SSSR count). The summed E-state index contributed by atoms with van der Waals surface area (Å²) in [5.74, 6) is -7.05. The highest BCUT2D eigenvalue weighted by atomic mass is 16.4. The zero-order chi connectivity index (χ0) is 30.8. The van der Waals surface area contributed by atoms with E-state index >= 15 is 0 Å². The van der Waals surface area contributed by atoms with Gasteiger partial charge in [-0.05, 0) is 17.2 Å². The summed E-state index contributed by atoms with van der Waals surface area (Å²) in [6, 6.07) is 9.80. The molecule has 3 amide bonds. The Morgan fingerprint density at radius 3 is 1.86 bits per heavy atom. The number of carbonyl (C=O) groups excluding carboxylic acids is 3. The van der Waals surface area contributed by atoms with E-state index in [2.05, 4.69) is 20.9 Å². The molecule has 0 bridgehead atoms. The summed E-state index contributed by atoms with van der Waals surface area (Å²) in [6.45, 7) is 0. The molecule has 14 nitrogen and oxygen atoms in total. The number of para-hydroxylation sites is 1. The van der Waals surface area contributed by atoms with Crippen LogP contribution in [0.25, 0.3) is 10.9 Å². The van der Waals surface area contributed by atoms with Crippen LogP contribution in [0.3, 0.4) is 0 Å². The smallest absolute Gasteiger partial charge is 0.326 e. The maximum absolute atomic E-state index is 13.6. The van der Waals surface area contributed by atoms with Gasteiger partial charge >= 0.3 is 17.9 Å². The molecule has 1 aromatic heterocycles. The van der Waals surface area contributed by atoms with Gasteiger partial charge in [-0.1, -0.05) is 48.5 Å². The van der Waals surface area contributed by atoms with Crippen molar-refractivity contribution in [1.29, 1.82) is 0 Å². The van der Waals surface area contributed by atoms with Crippen LogP contribution >= 0.6 is 0 Å².